The van der Waals surface area contributed by atoms with Gasteiger partial charge in [0, 0.05) is 11.6 Å². The van der Waals surface area contributed by atoms with E-state index < -0.39 is 0 Å². The number of thioether (sulfide) groups is 1. The topological polar surface area (TPSA) is 55.1 Å². The van der Waals surface area contributed by atoms with Crippen LogP contribution < -0.4 is 5.32 Å². The minimum Gasteiger partial charge on any atom is -0.359 e. The molecule has 0 spiro atoms. The molecule has 1 aromatic carbocycles. The predicted octanol–water partition coefficient (Wildman–Crippen LogP) is 2.71. The van der Waals surface area contributed by atoms with E-state index in [1.165, 1.54) is 11.8 Å². The van der Waals surface area contributed by atoms with E-state index in [0.717, 1.165) is 11.3 Å². The van der Waals surface area contributed by atoms with Crippen molar-refractivity contribution in [3.8, 4) is 11.3 Å². The van der Waals surface area contributed by atoms with Gasteiger partial charge in [0.2, 0.25) is 5.91 Å². The first kappa shape index (κ1) is 13.7. The highest BCUT2D eigenvalue weighted by molar-refractivity contribution is 7.99. The molecule has 4 nitrogen and oxygen atoms in total. The Hall–Kier alpha value is -1.75. The average molecular weight is 276 g/mol. The third-order valence-electron chi connectivity index (χ3n) is 2.79. The van der Waals surface area contributed by atoms with Gasteiger partial charge in [0.1, 0.15) is 5.69 Å². The number of aromatic nitrogens is 1. The molecule has 0 bridgehead atoms. The molecule has 1 atom stereocenters. The van der Waals surface area contributed by atoms with Gasteiger partial charge in [-0.05, 0) is 13.2 Å². The molecule has 2 rings (SSSR count). The molecule has 0 radical (unpaired) electrons. The molecule has 5 heteroatoms. The second-order valence-electron chi connectivity index (χ2n) is 4.14. The number of amides is 1. The fourth-order valence-electron chi connectivity index (χ4n) is 1.57. The lowest BCUT2D eigenvalue weighted by Crippen LogP contribution is -2.30. The Bertz CT molecular complexity index is 539. The molecule has 1 N–H and O–H groups in total. The fraction of sp³-hybridized carbons (Fsp3) is 0.286. The van der Waals surface area contributed by atoms with Crippen molar-refractivity contribution in [3.63, 3.8) is 0 Å². The molecule has 2 aromatic rings. The third kappa shape index (κ3) is 3.61. The van der Waals surface area contributed by atoms with Crippen LogP contribution in [0.2, 0.25) is 0 Å². The number of nitrogens with one attached hydrogen (secondary N) is 1. The maximum absolute atomic E-state index is 11.6. The standard InChI is InChI=1S/C14H16N2O2S/c1-10(19-2)14(17)15-9-12-8-13(16-18-12)11-6-4-3-5-7-11/h3-8,10H,9H2,1-2H3,(H,15,17). The predicted molar refractivity (Wildman–Crippen MR) is 76.8 cm³/mol. The van der Waals surface area contributed by atoms with E-state index in [1.807, 2.05) is 49.6 Å². The van der Waals surface area contributed by atoms with Gasteiger partial charge in [-0.2, -0.15) is 11.8 Å². The van der Waals surface area contributed by atoms with Gasteiger partial charge in [0.25, 0.3) is 0 Å². The Balaban J connectivity index is 1.97. The van der Waals surface area contributed by atoms with Crippen molar-refractivity contribution in [3.05, 3.63) is 42.2 Å². The highest BCUT2D eigenvalue weighted by atomic mass is 32.2. The first-order chi connectivity index (χ1) is 9.20. The van der Waals surface area contributed by atoms with Crippen LogP contribution >= 0.6 is 11.8 Å². The Morgan fingerprint density at radius 1 is 1.42 bits per heavy atom. The summed E-state index contributed by atoms with van der Waals surface area (Å²) in [5.74, 6) is 0.658. The monoisotopic (exact) mass is 276 g/mol. The molecule has 1 aromatic heterocycles. The SMILES string of the molecule is CSC(C)C(=O)NCc1cc(-c2ccccc2)no1. The molecule has 1 heterocycles. The summed E-state index contributed by atoms with van der Waals surface area (Å²) >= 11 is 1.51. The van der Waals surface area contributed by atoms with Gasteiger partial charge in [-0.25, -0.2) is 0 Å². The van der Waals surface area contributed by atoms with Gasteiger partial charge in [-0.15, -0.1) is 0 Å². The highest BCUT2D eigenvalue weighted by Gasteiger charge is 2.12. The summed E-state index contributed by atoms with van der Waals surface area (Å²) in [5, 5.41) is 6.76. The van der Waals surface area contributed by atoms with E-state index >= 15 is 0 Å². The molecule has 19 heavy (non-hydrogen) atoms. The molecule has 100 valence electrons. The zero-order valence-corrected chi connectivity index (χ0v) is 11.7. The van der Waals surface area contributed by atoms with E-state index in [-0.39, 0.29) is 11.2 Å². The quantitative estimate of drug-likeness (QED) is 0.912. The highest BCUT2D eigenvalue weighted by Crippen LogP contribution is 2.18. The van der Waals surface area contributed by atoms with Crippen molar-refractivity contribution in [1.29, 1.82) is 0 Å². The third-order valence-corrected chi connectivity index (χ3v) is 3.71. The van der Waals surface area contributed by atoms with Crippen molar-refractivity contribution in [2.24, 2.45) is 0 Å². The van der Waals surface area contributed by atoms with Crippen LogP contribution in [0.5, 0.6) is 0 Å². The van der Waals surface area contributed by atoms with Gasteiger partial charge >= 0.3 is 0 Å². The molecule has 0 fully saturated rings. The van der Waals surface area contributed by atoms with Crippen LogP contribution in [0.25, 0.3) is 11.3 Å². The van der Waals surface area contributed by atoms with Gasteiger partial charge in [0.05, 0.1) is 11.8 Å². The molecular formula is C14H16N2O2S. The minimum absolute atomic E-state index is 0.00478. The number of benzene rings is 1. The van der Waals surface area contributed by atoms with E-state index in [4.69, 9.17) is 4.52 Å². The van der Waals surface area contributed by atoms with Crippen molar-refractivity contribution in [2.75, 3.05) is 6.26 Å². The Morgan fingerprint density at radius 2 is 2.16 bits per heavy atom. The summed E-state index contributed by atoms with van der Waals surface area (Å²) in [6.45, 7) is 2.24. The molecule has 0 saturated carbocycles. The summed E-state index contributed by atoms with van der Waals surface area (Å²) in [6, 6.07) is 11.6. The van der Waals surface area contributed by atoms with Crippen LogP contribution in [0.3, 0.4) is 0 Å². The van der Waals surface area contributed by atoms with Crippen LogP contribution in [0, 0.1) is 0 Å². The number of hydrogen-bond donors (Lipinski definition) is 1. The van der Waals surface area contributed by atoms with Crippen LogP contribution in [-0.2, 0) is 11.3 Å². The van der Waals surface area contributed by atoms with Crippen LogP contribution in [0.4, 0.5) is 0 Å². The van der Waals surface area contributed by atoms with Crippen LogP contribution in [0.15, 0.2) is 40.9 Å². The van der Waals surface area contributed by atoms with Crippen molar-refractivity contribution >= 4 is 17.7 Å². The average Bonchev–Trinajstić information content (AvgIpc) is 2.93. The summed E-state index contributed by atoms with van der Waals surface area (Å²) < 4.78 is 5.21. The number of carbonyl (C=O) groups excluding carboxylic acids is 1. The summed E-state index contributed by atoms with van der Waals surface area (Å²) in [5.41, 5.74) is 1.78. The van der Waals surface area contributed by atoms with E-state index in [0.29, 0.717) is 12.3 Å². The van der Waals surface area contributed by atoms with Crippen molar-refractivity contribution in [1.82, 2.24) is 10.5 Å². The molecular weight excluding hydrogens is 260 g/mol. The Morgan fingerprint density at radius 3 is 2.84 bits per heavy atom. The van der Waals surface area contributed by atoms with Gasteiger partial charge in [-0.3, -0.25) is 4.79 Å². The van der Waals surface area contributed by atoms with Crippen molar-refractivity contribution < 1.29 is 9.32 Å². The van der Waals surface area contributed by atoms with Crippen LogP contribution in [-0.4, -0.2) is 22.6 Å². The first-order valence-electron chi connectivity index (χ1n) is 6.02. The largest absolute Gasteiger partial charge is 0.359 e. The van der Waals surface area contributed by atoms with E-state index in [1.54, 1.807) is 0 Å². The smallest absolute Gasteiger partial charge is 0.233 e. The summed E-state index contributed by atoms with van der Waals surface area (Å²) in [6.07, 6.45) is 1.91. The van der Waals surface area contributed by atoms with Crippen LogP contribution in [0.1, 0.15) is 12.7 Å². The molecule has 0 aliphatic rings. The fourth-order valence-corrected chi connectivity index (χ4v) is 1.86. The maximum atomic E-state index is 11.6. The lowest BCUT2D eigenvalue weighted by atomic mass is 10.1. The number of carbonyl (C=O) groups is 1. The zero-order chi connectivity index (χ0) is 13.7. The molecule has 0 aliphatic carbocycles. The van der Waals surface area contributed by atoms with E-state index in [9.17, 15) is 4.79 Å². The molecule has 1 unspecified atom stereocenters. The molecule has 1 amide bonds. The summed E-state index contributed by atoms with van der Waals surface area (Å²) in [4.78, 5) is 11.6. The second-order valence-corrected chi connectivity index (χ2v) is 5.32. The lowest BCUT2D eigenvalue weighted by molar-refractivity contribution is -0.120. The summed E-state index contributed by atoms with van der Waals surface area (Å²) in [7, 11) is 0. The minimum atomic E-state index is -0.0588. The van der Waals surface area contributed by atoms with Gasteiger partial charge in [-0.1, -0.05) is 35.5 Å². The first-order valence-corrected chi connectivity index (χ1v) is 7.31. The Kier molecular flexibility index (Phi) is 4.63. The normalized spacial score (nSPS) is 12.1. The lowest BCUT2D eigenvalue weighted by Gasteiger charge is -2.07. The molecule has 0 aliphatic heterocycles. The number of nitrogens with zero attached hydrogens (tertiary/aromatic N) is 1. The van der Waals surface area contributed by atoms with Gasteiger partial charge < -0.3 is 9.84 Å². The maximum Gasteiger partial charge on any atom is 0.233 e. The second kappa shape index (κ2) is 6.43. The molecule has 0 saturated heterocycles. The van der Waals surface area contributed by atoms with E-state index in [2.05, 4.69) is 10.5 Å². The number of hydrogen-bond acceptors (Lipinski definition) is 4. The van der Waals surface area contributed by atoms with Gasteiger partial charge in [0.15, 0.2) is 5.76 Å². The zero-order valence-electron chi connectivity index (χ0n) is 10.9. The van der Waals surface area contributed by atoms with Crippen molar-refractivity contribution in [2.45, 2.75) is 18.7 Å². The Labute approximate surface area is 116 Å². The number of rotatable bonds is 5.